The lowest BCUT2D eigenvalue weighted by Crippen LogP contribution is -2.24. The van der Waals surface area contributed by atoms with Gasteiger partial charge in [0.2, 0.25) is 0 Å². The lowest BCUT2D eigenvalue weighted by molar-refractivity contribution is -0.138. The predicted octanol–water partition coefficient (Wildman–Crippen LogP) is 2.61. The Balaban J connectivity index is 1.95. The van der Waals surface area contributed by atoms with Crippen LogP contribution < -0.4 is 21.3 Å². The first-order valence-corrected chi connectivity index (χ1v) is 14.0. The minimum atomic E-state index is -0.907. The van der Waals surface area contributed by atoms with Gasteiger partial charge in [0.05, 0.1) is 11.0 Å². The van der Waals surface area contributed by atoms with Gasteiger partial charge in [0.1, 0.15) is 0 Å². The van der Waals surface area contributed by atoms with Crippen LogP contribution >= 0.6 is 0 Å². The number of aromatic amines is 4. The van der Waals surface area contributed by atoms with Crippen LogP contribution in [0.5, 0.6) is 11.8 Å². The van der Waals surface area contributed by atoms with Gasteiger partial charge in [0.25, 0.3) is 0 Å². The van der Waals surface area contributed by atoms with Crippen LogP contribution in [0.4, 0.5) is 0 Å². The third kappa shape index (κ3) is 6.23. The Morgan fingerprint density at radius 1 is 0.674 bits per heavy atom. The second-order valence-corrected chi connectivity index (χ2v) is 10.7. The molecule has 0 unspecified atom stereocenters. The highest BCUT2D eigenvalue weighted by molar-refractivity contribution is 5.70. The summed E-state index contributed by atoms with van der Waals surface area (Å²) in [6.07, 6.45) is 9.71. The fourth-order valence-corrected chi connectivity index (χ4v) is 5.53. The zero-order valence-corrected chi connectivity index (χ0v) is 25.0. The van der Waals surface area contributed by atoms with Gasteiger partial charge in [-0.1, -0.05) is 18.7 Å². The highest BCUT2D eigenvalue weighted by Crippen LogP contribution is 2.25. The van der Waals surface area contributed by atoms with Crippen LogP contribution in [0.15, 0.2) is 6.58 Å². The normalized spacial score (nSPS) is 13.4. The van der Waals surface area contributed by atoms with Crippen molar-refractivity contribution in [3.63, 3.8) is 0 Å². The van der Waals surface area contributed by atoms with Gasteiger partial charge in [-0.3, -0.25) is 9.59 Å². The van der Waals surface area contributed by atoms with Gasteiger partial charge in [-0.15, -0.1) is 0 Å². The molecule has 43 heavy (non-hydrogen) atoms. The Bertz CT molecular complexity index is 1980. The zero-order valence-electron chi connectivity index (χ0n) is 25.0. The van der Waals surface area contributed by atoms with Crippen molar-refractivity contribution in [2.45, 2.75) is 60.3 Å². The maximum atomic E-state index is 11.5. The van der Waals surface area contributed by atoms with Crippen LogP contribution in [0, 0.1) is 27.7 Å². The zero-order chi connectivity index (χ0) is 31.6. The summed E-state index contributed by atoms with van der Waals surface area (Å²) in [4.78, 5) is 35.8. The molecule has 0 aliphatic carbocycles. The van der Waals surface area contributed by atoms with Crippen LogP contribution in [-0.2, 0) is 22.4 Å². The topological polar surface area (TPSA) is 178 Å². The summed E-state index contributed by atoms with van der Waals surface area (Å²) in [5.74, 6) is -1.69. The van der Waals surface area contributed by atoms with Crippen molar-refractivity contribution in [3.8, 4) is 11.8 Å². The molecule has 0 saturated carbocycles. The van der Waals surface area contributed by atoms with E-state index in [-0.39, 0.29) is 24.6 Å². The van der Waals surface area contributed by atoms with Crippen molar-refractivity contribution >= 4 is 42.3 Å². The number of aliphatic carboxylic acids is 2. The van der Waals surface area contributed by atoms with E-state index in [4.69, 9.17) is 0 Å². The minimum absolute atomic E-state index is 0.0393. The summed E-state index contributed by atoms with van der Waals surface area (Å²) in [5, 5.41) is 42.3. The molecule has 4 heterocycles. The van der Waals surface area contributed by atoms with E-state index >= 15 is 0 Å². The van der Waals surface area contributed by atoms with Crippen molar-refractivity contribution in [1.29, 1.82) is 0 Å². The van der Waals surface area contributed by atoms with E-state index in [1.54, 1.807) is 13.0 Å². The van der Waals surface area contributed by atoms with E-state index in [1.165, 1.54) is 0 Å². The van der Waals surface area contributed by atoms with E-state index < -0.39 is 11.9 Å². The quantitative estimate of drug-likeness (QED) is 0.142. The molecule has 0 aromatic carbocycles. The monoisotopic (exact) mass is 586 g/mol. The number of nitrogens with one attached hydrogen (secondary N) is 4. The molecule has 0 aliphatic rings. The van der Waals surface area contributed by atoms with Gasteiger partial charge in [0, 0.05) is 56.8 Å². The van der Waals surface area contributed by atoms with Crippen LogP contribution in [0.2, 0.25) is 0 Å². The maximum absolute atomic E-state index is 11.5. The van der Waals surface area contributed by atoms with Gasteiger partial charge >= 0.3 is 11.9 Å². The van der Waals surface area contributed by atoms with Gasteiger partial charge in [-0.2, -0.15) is 0 Å². The molecule has 0 amide bonds. The average Bonchev–Trinajstić information content (AvgIpc) is 3.59. The Morgan fingerprint density at radius 3 is 1.86 bits per heavy atom. The largest absolute Gasteiger partial charge is 0.494 e. The molecule has 10 heteroatoms. The number of H-pyrrole nitrogens is 4. The smallest absolute Gasteiger partial charge is 0.303 e. The lowest BCUT2D eigenvalue weighted by Gasteiger charge is -2.00. The van der Waals surface area contributed by atoms with Gasteiger partial charge in [0.15, 0.2) is 11.8 Å². The molecular weight excluding hydrogens is 548 g/mol. The van der Waals surface area contributed by atoms with E-state index in [0.717, 1.165) is 55.3 Å². The first-order chi connectivity index (χ1) is 20.4. The summed E-state index contributed by atoms with van der Waals surface area (Å²) >= 11 is 0. The Labute approximate surface area is 248 Å². The molecule has 0 saturated heterocycles. The molecule has 4 aromatic rings. The van der Waals surface area contributed by atoms with E-state index in [1.807, 2.05) is 52.0 Å². The predicted molar refractivity (Wildman–Crippen MR) is 167 cm³/mol. The number of rotatable bonds is 10. The molecule has 0 fully saturated rings. The van der Waals surface area contributed by atoms with Crippen molar-refractivity contribution < 1.29 is 30.0 Å². The van der Waals surface area contributed by atoms with Gasteiger partial charge in [-0.25, -0.2) is 0 Å². The second kappa shape index (κ2) is 12.4. The number of hydrogen-bond donors (Lipinski definition) is 8. The molecule has 0 atom stereocenters. The number of carboxylic acids is 2. The highest BCUT2D eigenvalue weighted by atomic mass is 16.4. The lowest BCUT2D eigenvalue weighted by atomic mass is 10.0. The molecule has 0 bridgehead atoms. The molecule has 10 nitrogen and oxygen atoms in total. The Hall–Kier alpha value is -5.12. The molecule has 226 valence electrons. The number of aromatic nitrogens is 4. The first kappa shape index (κ1) is 30.8. The molecule has 8 N–H and O–H groups in total. The Kier molecular flexibility index (Phi) is 8.89. The van der Waals surface area contributed by atoms with Crippen molar-refractivity contribution in [2.24, 2.45) is 0 Å². The molecule has 0 spiro atoms. The van der Waals surface area contributed by atoms with E-state index in [2.05, 4.69) is 26.5 Å². The van der Waals surface area contributed by atoms with Crippen LogP contribution in [0.25, 0.3) is 30.4 Å². The summed E-state index contributed by atoms with van der Waals surface area (Å²) < 4.78 is 0. The third-order valence-corrected chi connectivity index (χ3v) is 8.04. The molecule has 4 aromatic heterocycles. The van der Waals surface area contributed by atoms with Crippen LogP contribution in [0.3, 0.4) is 0 Å². The third-order valence-electron chi connectivity index (χ3n) is 8.04. The second-order valence-electron chi connectivity index (χ2n) is 10.7. The highest BCUT2D eigenvalue weighted by Gasteiger charge is 2.16. The summed E-state index contributed by atoms with van der Waals surface area (Å²) in [7, 11) is 0. The Morgan fingerprint density at radius 2 is 1.26 bits per heavy atom. The fraction of sp³-hybridized carbons (Fsp3) is 0.273. The minimum Gasteiger partial charge on any atom is -0.494 e. The fourth-order valence-electron chi connectivity index (χ4n) is 5.53. The number of carboxylic acid groups (broad SMARTS) is 2. The van der Waals surface area contributed by atoms with Gasteiger partial charge < -0.3 is 40.4 Å². The number of aromatic hydroxyl groups is 2. The standard InChI is InChI=1S/C33H38N4O6/c1-7-20-18(5)32(42)36-26(20)14-28-22(9-11-30(38)39)16(3)24(34-28)13-25-17(4)23(10-12-31(40)41)29(35-25)15-27-21(8-2)19(6)33(43)37-27/h7-8,13-15,34-37,42-43H,1,9-12H2,2-6H3,(H,38,39)(H,40,41). The van der Waals surface area contributed by atoms with E-state index in [9.17, 15) is 30.0 Å². The molecular formula is C33H38N4O6. The summed E-state index contributed by atoms with van der Waals surface area (Å²) in [6, 6.07) is 0. The SMILES string of the molecule is C=Cc1c(C=c2[nH]c(=Cc3[nH]c(C=c4[nH]c(O)c(C)c4=CC)c(CCC(=O)O)c3C)c(C)c2CCC(=O)O)[nH]c(O)c1C. The van der Waals surface area contributed by atoms with Crippen molar-refractivity contribution in [2.75, 3.05) is 0 Å². The molecule has 0 aliphatic heterocycles. The van der Waals surface area contributed by atoms with Crippen molar-refractivity contribution in [3.05, 3.63) is 83.9 Å². The van der Waals surface area contributed by atoms with E-state index in [0.29, 0.717) is 34.8 Å². The summed E-state index contributed by atoms with van der Waals surface area (Å²) in [5.41, 5.74) is 7.70. The maximum Gasteiger partial charge on any atom is 0.303 e. The number of carbonyl (C=O) groups is 2. The first-order valence-electron chi connectivity index (χ1n) is 14.0. The van der Waals surface area contributed by atoms with Crippen molar-refractivity contribution in [1.82, 2.24) is 19.9 Å². The molecule has 0 radical (unpaired) electrons. The average molecular weight is 587 g/mol. The van der Waals surface area contributed by atoms with Crippen LogP contribution in [-0.4, -0.2) is 52.3 Å². The van der Waals surface area contributed by atoms with Crippen LogP contribution in [0.1, 0.15) is 75.8 Å². The molecule has 4 rings (SSSR count). The number of hydrogen-bond acceptors (Lipinski definition) is 4. The van der Waals surface area contributed by atoms with Gasteiger partial charge in [-0.05, 0) is 87.9 Å². The summed E-state index contributed by atoms with van der Waals surface area (Å²) in [6.45, 7) is 13.2.